The Hall–Kier alpha value is -2.14. The third-order valence-electron chi connectivity index (χ3n) is 3.47. The van der Waals surface area contributed by atoms with Crippen molar-refractivity contribution in [2.75, 3.05) is 0 Å². The van der Waals surface area contributed by atoms with Gasteiger partial charge in [0.25, 0.3) is 5.56 Å². The van der Waals surface area contributed by atoms with E-state index in [1.807, 2.05) is 31.2 Å². The first-order chi connectivity index (χ1) is 10.3. The lowest BCUT2D eigenvalue weighted by Gasteiger charge is -2.31. The number of rotatable bonds is 4. The molecule has 1 aromatic carbocycles. The molecule has 1 aromatic heterocycles. The lowest BCUT2D eigenvalue weighted by molar-refractivity contribution is -0.0310. The molecule has 0 saturated heterocycles. The second-order valence-corrected chi connectivity index (χ2v) is 6.56. The summed E-state index contributed by atoms with van der Waals surface area (Å²) in [6, 6.07) is 8.18. The summed E-state index contributed by atoms with van der Waals surface area (Å²) in [4.78, 5) is 27.4. The van der Waals surface area contributed by atoms with Crippen LogP contribution in [-0.2, 0) is 11.3 Å². The summed E-state index contributed by atoms with van der Waals surface area (Å²) in [5.74, 6) is 0. The minimum Gasteiger partial charge on any atom is -0.368 e. The van der Waals surface area contributed by atoms with Crippen LogP contribution in [0.25, 0.3) is 0 Å². The summed E-state index contributed by atoms with van der Waals surface area (Å²) in [6.07, 6.45) is 1.25. The van der Waals surface area contributed by atoms with Crippen molar-refractivity contribution in [2.45, 2.75) is 40.4 Å². The monoisotopic (exact) mass is 302 g/mol. The van der Waals surface area contributed by atoms with Crippen molar-refractivity contribution in [1.82, 2.24) is 9.97 Å². The van der Waals surface area contributed by atoms with Gasteiger partial charge in [0.05, 0.1) is 18.3 Å². The van der Waals surface area contributed by atoms with Gasteiger partial charge in [-0.15, -0.1) is 0 Å². The Labute approximate surface area is 129 Å². The van der Waals surface area contributed by atoms with Gasteiger partial charge in [0, 0.05) is 6.20 Å². The number of aromatic nitrogens is 2. The largest absolute Gasteiger partial charge is 0.368 e. The SMILES string of the molecule is Cc1ccc(C(OCc2c[nH]c(=O)[nH]c2=O)C(C)(C)C)cc1. The summed E-state index contributed by atoms with van der Waals surface area (Å²) in [5.41, 5.74) is 1.61. The Kier molecular flexibility index (Phi) is 4.66. The molecular weight excluding hydrogens is 280 g/mol. The van der Waals surface area contributed by atoms with Gasteiger partial charge in [-0.1, -0.05) is 50.6 Å². The van der Waals surface area contributed by atoms with E-state index in [-0.39, 0.29) is 18.1 Å². The zero-order valence-corrected chi connectivity index (χ0v) is 13.4. The highest BCUT2D eigenvalue weighted by Crippen LogP contribution is 2.36. The van der Waals surface area contributed by atoms with Crippen LogP contribution in [-0.4, -0.2) is 9.97 Å². The zero-order valence-electron chi connectivity index (χ0n) is 13.4. The number of aryl methyl sites for hydroxylation is 1. The van der Waals surface area contributed by atoms with E-state index in [2.05, 4.69) is 30.7 Å². The second-order valence-electron chi connectivity index (χ2n) is 6.56. The van der Waals surface area contributed by atoms with Crippen LogP contribution in [0.1, 0.15) is 43.6 Å². The van der Waals surface area contributed by atoms with Crippen LogP contribution in [0.4, 0.5) is 0 Å². The molecule has 118 valence electrons. The van der Waals surface area contributed by atoms with E-state index in [1.54, 1.807) is 0 Å². The van der Waals surface area contributed by atoms with Crippen LogP contribution >= 0.6 is 0 Å². The summed E-state index contributed by atoms with van der Waals surface area (Å²) >= 11 is 0. The normalized spacial score (nSPS) is 13.1. The predicted octanol–water partition coefficient (Wildman–Crippen LogP) is 2.68. The van der Waals surface area contributed by atoms with Gasteiger partial charge >= 0.3 is 5.69 Å². The highest BCUT2D eigenvalue weighted by molar-refractivity contribution is 5.24. The molecule has 2 rings (SSSR count). The first-order valence-electron chi connectivity index (χ1n) is 7.26. The average Bonchev–Trinajstić information content (AvgIpc) is 2.41. The summed E-state index contributed by atoms with van der Waals surface area (Å²) in [7, 11) is 0. The van der Waals surface area contributed by atoms with Gasteiger partial charge in [0.1, 0.15) is 0 Å². The van der Waals surface area contributed by atoms with E-state index in [0.717, 1.165) is 5.56 Å². The summed E-state index contributed by atoms with van der Waals surface area (Å²) in [6.45, 7) is 8.45. The molecule has 1 unspecified atom stereocenters. The highest BCUT2D eigenvalue weighted by Gasteiger charge is 2.27. The fourth-order valence-electron chi connectivity index (χ4n) is 2.31. The van der Waals surface area contributed by atoms with Crippen molar-refractivity contribution in [3.05, 3.63) is 68.0 Å². The van der Waals surface area contributed by atoms with Crippen molar-refractivity contribution >= 4 is 0 Å². The minimum atomic E-state index is -0.514. The van der Waals surface area contributed by atoms with Gasteiger partial charge in [-0.2, -0.15) is 0 Å². The number of nitrogens with one attached hydrogen (secondary N) is 2. The molecule has 0 radical (unpaired) electrons. The van der Waals surface area contributed by atoms with E-state index in [1.165, 1.54) is 11.8 Å². The average molecular weight is 302 g/mol. The van der Waals surface area contributed by atoms with Crippen molar-refractivity contribution in [2.24, 2.45) is 5.41 Å². The fraction of sp³-hybridized carbons (Fsp3) is 0.412. The first kappa shape index (κ1) is 16.2. The lowest BCUT2D eigenvalue weighted by Crippen LogP contribution is -2.27. The molecule has 5 heteroatoms. The lowest BCUT2D eigenvalue weighted by atomic mass is 9.84. The van der Waals surface area contributed by atoms with Gasteiger partial charge in [-0.25, -0.2) is 4.79 Å². The Morgan fingerprint density at radius 3 is 2.32 bits per heavy atom. The molecule has 22 heavy (non-hydrogen) atoms. The quantitative estimate of drug-likeness (QED) is 0.911. The van der Waals surface area contributed by atoms with Crippen LogP contribution in [0.2, 0.25) is 0 Å². The van der Waals surface area contributed by atoms with Crippen molar-refractivity contribution in [3.8, 4) is 0 Å². The Balaban J connectivity index is 2.22. The third kappa shape index (κ3) is 3.95. The van der Waals surface area contributed by atoms with Gasteiger partial charge in [0.2, 0.25) is 0 Å². The molecule has 0 bridgehead atoms. The van der Waals surface area contributed by atoms with E-state index in [0.29, 0.717) is 5.56 Å². The van der Waals surface area contributed by atoms with E-state index < -0.39 is 11.2 Å². The maximum absolute atomic E-state index is 11.7. The van der Waals surface area contributed by atoms with Crippen molar-refractivity contribution < 1.29 is 4.74 Å². The van der Waals surface area contributed by atoms with Crippen LogP contribution in [0.15, 0.2) is 40.1 Å². The highest BCUT2D eigenvalue weighted by atomic mass is 16.5. The Bertz CT molecular complexity index is 736. The van der Waals surface area contributed by atoms with Crippen LogP contribution < -0.4 is 11.2 Å². The smallest absolute Gasteiger partial charge is 0.325 e. The third-order valence-corrected chi connectivity index (χ3v) is 3.47. The Morgan fingerprint density at radius 2 is 1.77 bits per heavy atom. The van der Waals surface area contributed by atoms with Gasteiger partial charge in [0.15, 0.2) is 0 Å². The number of aromatic amines is 2. The molecule has 0 aliphatic carbocycles. The minimum absolute atomic E-state index is 0.121. The molecule has 1 heterocycles. The zero-order chi connectivity index (χ0) is 16.3. The molecule has 2 N–H and O–H groups in total. The maximum Gasteiger partial charge on any atom is 0.325 e. The maximum atomic E-state index is 11.7. The number of hydrogen-bond donors (Lipinski definition) is 2. The van der Waals surface area contributed by atoms with Gasteiger partial charge in [-0.05, 0) is 17.9 Å². The predicted molar refractivity (Wildman–Crippen MR) is 85.8 cm³/mol. The van der Waals surface area contributed by atoms with Gasteiger partial charge in [-0.3, -0.25) is 9.78 Å². The Morgan fingerprint density at radius 1 is 1.14 bits per heavy atom. The standard InChI is InChI=1S/C17H22N2O3/c1-11-5-7-12(8-6-11)14(17(2,3)4)22-10-13-9-18-16(21)19-15(13)20/h5-9,14H,10H2,1-4H3,(H2,18,19,20,21). The number of ether oxygens (including phenoxy) is 1. The molecule has 0 aliphatic rings. The van der Waals surface area contributed by atoms with Gasteiger partial charge < -0.3 is 9.72 Å². The molecule has 2 aromatic rings. The summed E-state index contributed by atoms with van der Waals surface area (Å²) in [5, 5.41) is 0. The topological polar surface area (TPSA) is 75.0 Å². The molecule has 0 fully saturated rings. The fourth-order valence-corrected chi connectivity index (χ4v) is 2.31. The van der Waals surface area contributed by atoms with E-state index in [4.69, 9.17) is 4.74 Å². The van der Waals surface area contributed by atoms with Crippen molar-refractivity contribution in [1.29, 1.82) is 0 Å². The summed E-state index contributed by atoms with van der Waals surface area (Å²) < 4.78 is 6.00. The molecule has 1 atom stereocenters. The molecule has 0 aliphatic heterocycles. The molecule has 0 saturated carbocycles. The van der Waals surface area contributed by atoms with E-state index in [9.17, 15) is 9.59 Å². The van der Waals surface area contributed by atoms with Crippen LogP contribution in [0, 0.1) is 12.3 Å². The molecular formula is C17H22N2O3. The van der Waals surface area contributed by atoms with Crippen LogP contribution in [0.3, 0.4) is 0 Å². The number of benzene rings is 1. The van der Waals surface area contributed by atoms with E-state index >= 15 is 0 Å². The number of H-pyrrole nitrogens is 2. The molecule has 5 nitrogen and oxygen atoms in total. The molecule has 0 spiro atoms. The van der Waals surface area contributed by atoms with Crippen molar-refractivity contribution in [3.63, 3.8) is 0 Å². The van der Waals surface area contributed by atoms with Crippen LogP contribution in [0.5, 0.6) is 0 Å². The first-order valence-corrected chi connectivity index (χ1v) is 7.26. The number of hydrogen-bond acceptors (Lipinski definition) is 3. The molecule has 0 amide bonds. The second kappa shape index (κ2) is 6.32.